The molecule has 0 fully saturated rings. The van der Waals surface area contributed by atoms with Gasteiger partial charge in [0, 0.05) is 19.6 Å². The van der Waals surface area contributed by atoms with Crippen molar-refractivity contribution in [1.29, 1.82) is 0 Å². The number of hydrogen-bond donors (Lipinski definition) is 1. The topological polar surface area (TPSA) is 55.6 Å². The molecule has 4 nitrogen and oxygen atoms in total. The predicted molar refractivity (Wildman–Crippen MR) is 70.3 cm³/mol. The van der Waals surface area contributed by atoms with Crippen LogP contribution in [0.1, 0.15) is 11.1 Å². The molecule has 0 bridgehead atoms. The number of carbonyl (C=O) groups excluding carboxylic acids is 1. The first-order valence-electron chi connectivity index (χ1n) is 6.43. The highest BCUT2D eigenvalue weighted by molar-refractivity contribution is 5.77. The third kappa shape index (κ3) is 3.31. The zero-order valence-corrected chi connectivity index (χ0v) is 10.6. The summed E-state index contributed by atoms with van der Waals surface area (Å²) in [6.45, 7) is 2.61. The number of benzene rings is 1. The Hall–Kier alpha value is -1.39. The highest BCUT2D eigenvalue weighted by atomic mass is 16.5. The maximum absolute atomic E-state index is 11.9. The Balaban J connectivity index is 1.89. The van der Waals surface area contributed by atoms with E-state index in [0.717, 1.165) is 25.9 Å². The lowest BCUT2D eigenvalue weighted by atomic mass is 10.0. The SMILES string of the molecule is NCCOCC(=O)N1CCc2ccccc2CC1. The Labute approximate surface area is 108 Å². The molecule has 2 rings (SSSR count). The zero-order chi connectivity index (χ0) is 12.8. The van der Waals surface area contributed by atoms with Gasteiger partial charge in [0.05, 0.1) is 6.61 Å². The van der Waals surface area contributed by atoms with Crippen molar-refractivity contribution < 1.29 is 9.53 Å². The first-order valence-corrected chi connectivity index (χ1v) is 6.43. The molecule has 0 unspecified atom stereocenters. The van der Waals surface area contributed by atoms with E-state index >= 15 is 0 Å². The van der Waals surface area contributed by atoms with Gasteiger partial charge < -0.3 is 15.4 Å². The van der Waals surface area contributed by atoms with E-state index in [1.165, 1.54) is 11.1 Å². The molecule has 1 aromatic carbocycles. The highest BCUT2D eigenvalue weighted by Crippen LogP contribution is 2.15. The summed E-state index contributed by atoms with van der Waals surface area (Å²) in [5.74, 6) is 0.0660. The van der Waals surface area contributed by atoms with Crippen molar-refractivity contribution in [3.63, 3.8) is 0 Å². The maximum Gasteiger partial charge on any atom is 0.248 e. The van der Waals surface area contributed by atoms with Crippen LogP contribution in [0.3, 0.4) is 0 Å². The minimum absolute atomic E-state index is 0.0660. The highest BCUT2D eigenvalue weighted by Gasteiger charge is 2.17. The standard InChI is InChI=1S/C14H20N2O2/c15-7-10-18-11-14(17)16-8-5-12-3-1-2-4-13(12)6-9-16/h1-4H,5-11,15H2. The van der Waals surface area contributed by atoms with E-state index < -0.39 is 0 Å². The molecular formula is C14H20N2O2. The maximum atomic E-state index is 11.9. The third-order valence-corrected chi connectivity index (χ3v) is 3.26. The molecule has 2 N–H and O–H groups in total. The molecule has 0 aromatic heterocycles. The molecular weight excluding hydrogens is 228 g/mol. The van der Waals surface area contributed by atoms with Crippen LogP contribution in [0.15, 0.2) is 24.3 Å². The van der Waals surface area contributed by atoms with Crippen molar-refractivity contribution >= 4 is 5.91 Å². The summed E-state index contributed by atoms with van der Waals surface area (Å²) >= 11 is 0. The largest absolute Gasteiger partial charge is 0.370 e. The number of carbonyl (C=O) groups is 1. The molecule has 0 saturated heterocycles. The first-order chi connectivity index (χ1) is 8.81. The third-order valence-electron chi connectivity index (χ3n) is 3.26. The Morgan fingerprint density at radius 1 is 1.22 bits per heavy atom. The molecule has 18 heavy (non-hydrogen) atoms. The first kappa shape index (κ1) is 13.1. The van der Waals surface area contributed by atoms with Gasteiger partial charge in [-0.1, -0.05) is 24.3 Å². The van der Waals surface area contributed by atoms with E-state index in [9.17, 15) is 4.79 Å². The van der Waals surface area contributed by atoms with Crippen LogP contribution in [-0.2, 0) is 22.4 Å². The number of rotatable bonds is 4. The van der Waals surface area contributed by atoms with E-state index in [4.69, 9.17) is 10.5 Å². The van der Waals surface area contributed by atoms with Crippen molar-refractivity contribution in [3.8, 4) is 0 Å². The molecule has 0 aliphatic carbocycles. The Morgan fingerprint density at radius 2 is 1.83 bits per heavy atom. The average Bonchev–Trinajstić information content (AvgIpc) is 2.61. The van der Waals surface area contributed by atoms with Crippen molar-refractivity contribution in [3.05, 3.63) is 35.4 Å². The lowest BCUT2D eigenvalue weighted by Crippen LogP contribution is -2.36. The van der Waals surface area contributed by atoms with Crippen molar-refractivity contribution in [1.82, 2.24) is 4.90 Å². The van der Waals surface area contributed by atoms with E-state index in [1.807, 2.05) is 4.90 Å². The fourth-order valence-electron chi connectivity index (χ4n) is 2.25. The second kappa shape index (κ2) is 6.52. The second-order valence-electron chi connectivity index (χ2n) is 4.49. The van der Waals surface area contributed by atoms with Gasteiger partial charge in [0.2, 0.25) is 5.91 Å². The van der Waals surface area contributed by atoms with E-state index in [1.54, 1.807) is 0 Å². The summed E-state index contributed by atoms with van der Waals surface area (Å²) in [5, 5.41) is 0. The molecule has 1 aromatic rings. The van der Waals surface area contributed by atoms with Gasteiger partial charge in [-0.05, 0) is 24.0 Å². The normalized spacial score (nSPS) is 15.1. The molecule has 4 heteroatoms. The van der Waals surface area contributed by atoms with E-state index in [-0.39, 0.29) is 12.5 Å². The van der Waals surface area contributed by atoms with Gasteiger partial charge in [-0.25, -0.2) is 0 Å². The average molecular weight is 248 g/mol. The Kier molecular flexibility index (Phi) is 4.73. The Bertz CT molecular complexity index is 380. The van der Waals surface area contributed by atoms with Gasteiger partial charge in [-0.2, -0.15) is 0 Å². The summed E-state index contributed by atoms with van der Waals surface area (Å²) in [7, 11) is 0. The number of fused-ring (bicyclic) bond motifs is 1. The second-order valence-corrected chi connectivity index (χ2v) is 4.49. The van der Waals surface area contributed by atoms with Gasteiger partial charge in [0.25, 0.3) is 0 Å². The molecule has 98 valence electrons. The summed E-state index contributed by atoms with van der Waals surface area (Å²) in [5.41, 5.74) is 8.04. The molecule has 1 amide bonds. The van der Waals surface area contributed by atoms with Crippen LogP contribution in [0.5, 0.6) is 0 Å². The number of amides is 1. The fourth-order valence-corrected chi connectivity index (χ4v) is 2.25. The van der Waals surface area contributed by atoms with Crippen LogP contribution in [0, 0.1) is 0 Å². The summed E-state index contributed by atoms with van der Waals surface area (Å²) in [4.78, 5) is 13.8. The van der Waals surface area contributed by atoms with Crippen molar-refractivity contribution in [2.24, 2.45) is 5.73 Å². The van der Waals surface area contributed by atoms with Crippen LogP contribution in [0.4, 0.5) is 0 Å². The lowest BCUT2D eigenvalue weighted by molar-refractivity contribution is -0.135. The van der Waals surface area contributed by atoms with E-state index in [2.05, 4.69) is 24.3 Å². The quantitative estimate of drug-likeness (QED) is 0.793. The van der Waals surface area contributed by atoms with Gasteiger partial charge in [-0.3, -0.25) is 4.79 Å². The zero-order valence-electron chi connectivity index (χ0n) is 10.6. The van der Waals surface area contributed by atoms with Gasteiger partial charge in [0.1, 0.15) is 6.61 Å². The molecule has 1 aliphatic heterocycles. The van der Waals surface area contributed by atoms with Crippen LogP contribution < -0.4 is 5.73 Å². The minimum Gasteiger partial charge on any atom is -0.370 e. The smallest absolute Gasteiger partial charge is 0.248 e. The van der Waals surface area contributed by atoms with E-state index in [0.29, 0.717) is 13.2 Å². The minimum atomic E-state index is 0.0660. The molecule has 0 saturated carbocycles. The van der Waals surface area contributed by atoms with Crippen LogP contribution in [0.2, 0.25) is 0 Å². The van der Waals surface area contributed by atoms with Crippen molar-refractivity contribution in [2.75, 3.05) is 32.8 Å². The monoisotopic (exact) mass is 248 g/mol. The summed E-state index contributed by atoms with van der Waals surface area (Å²) < 4.78 is 5.20. The molecule has 0 spiro atoms. The van der Waals surface area contributed by atoms with Crippen LogP contribution >= 0.6 is 0 Å². The predicted octanol–water partition coefficient (Wildman–Crippen LogP) is 0.589. The van der Waals surface area contributed by atoms with Gasteiger partial charge in [-0.15, -0.1) is 0 Å². The number of nitrogens with zero attached hydrogens (tertiary/aromatic N) is 1. The van der Waals surface area contributed by atoms with Crippen LogP contribution in [-0.4, -0.2) is 43.7 Å². The van der Waals surface area contributed by atoms with Gasteiger partial charge in [0.15, 0.2) is 0 Å². The molecule has 0 atom stereocenters. The fraction of sp³-hybridized carbons (Fsp3) is 0.500. The number of nitrogens with two attached hydrogens (primary N) is 1. The van der Waals surface area contributed by atoms with Crippen LogP contribution in [0.25, 0.3) is 0 Å². The Morgan fingerprint density at radius 3 is 2.39 bits per heavy atom. The molecule has 0 radical (unpaired) electrons. The summed E-state index contributed by atoms with van der Waals surface area (Å²) in [6.07, 6.45) is 1.86. The number of ether oxygens (including phenoxy) is 1. The molecule has 1 heterocycles. The molecule has 1 aliphatic rings. The summed E-state index contributed by atoms with van der Waals surface area (Å²) in [6, 6.07) is 8.41. The lowest BCUT2D eigenvalue weighted by Gasteiger charge is -2.20. The van der Waals surface area contributed by atoms with Gasteiger partial charge >= 0.3 is 0 Å². The van der Waals surface area contributed by atoms with Crippen molar-refractivity contribution in [2.45, 2.75) is 12.8 Å². The number of hydrogen-bond acceptors (Lipinski definition) is 3.